The SMILES string of the molecule is CC[C@H](C(=O)N1CCCC[C@H]1C(=O)O[C@H](CCc1ccc(OC)c(OC)c1)c1cccc(OCC(=O)NCC(CNC(=O)COc2cccc([C@@H](CCc3ccc(OC)c(OC)c3)OC(=O)[C@@H]3CCCCN3C(=O)[C@@H](CC)c3cc(OC)c(OC)c(OC)c3)c2)N(C)C)c1)c1cc(OC)c(OC)c(OC)c1. The fourth-order valence-electron chi connectivity index (χ4n) is 13.6. The third-order valence-corrected chi connectivity index (χ3v) is 19.5. The van der Waals surface area contributed by atoms with E-state index in [1.54, 1.807) is 98.9 Å². The molecule has 6 aromatic carbocycles. The molecule has 0 saturated carbocycles. The van der Waals surface area contributed by atoms with Crippen molar-refractivity contribution in [1.82, 2.24) is 25.3 Å². The van der Waals surface area contributed by atoms with Gasteiger partial charge in [-0.25, -0.2) is 9.59 Å². The zero-order valence-corrected chi connectivity index (χ0v) is 63.7. The zero-order valence-electron chi connectivity index (χ0n) is 63.7. The first-order valence-electron chi connectivity index (χ1n) is 36.0. The fourth-order valence-corrected chi connectivity index (χ4v) is 13.6. The highest BCUT2D eigenvalue weighted by Crippen LogP contribution is 2.44. The Bertz CT molecular complexity index is 3630. The Labute approximate surface area is 622 Å². The molecular weight excluding hydrogens is 1360 g/mol. The quantitative estimate of drug-likeness (QED) is 0.0340. The zero-order chi connectivity index (χ0) is 76.4. The van der Waals surface area contributed by atoms with E-state index in [-0.39, 0.29) is 44.2 Å². The Balaban J connectivity index is 0.898. The minimum atomic E-state index is -0.860. The molecule has 25 heteroatoms. The molecule has 2 aliphatic rings. The molecule has 0 aliphatic carbocycles. The number of rotatable bonds is 39. The van der Waals surface area contributed by atoms with Gasteiger partial charge in [0.1, 0.15) is 35.8 Å². The average molecular weight is 1470 g/mol. The maximum atomic E-state index is 14.7. The molecular formula is C81H105N5O20. The number of carbonyl (C=O) groups excluding carboxylic acids is 6. The lowest BCUT2D eigenvalue weighted by Crippen LogP contribution is -2.50. The minimum Gasteiger partial charge on any atom is -0.493 e. The average Bonchev–Trinajstić information content (AvgIpc) is 0.796. The maximum Gasteiger partial charge on any atom is 0.329 e. The number of likely N-dealkylation sites (N-methyl/N-ethyl adjacent to an activating group) is 1. The van der Waals surface area contributed by atoms with Crippen molar-refractivity contribution < 1.29 is 95.1 Å². The summed E-state index contributed by atoms with van der Waals surface area (Å²) in [5, 5.41) is 5.87. The van der Waals surface area contributed by atoms with Crippen molar-refractivity contribution in [3.8, 4) is 69.0 Å². The maximum absolute atomic E-state index is 14.7. The van der Waals surface area contributed by atoms with Gasteiger partial charge in [0.2, 0.25) is 23.3 Å². The van der Waals surface area contributed by atoms with E-state index in [4.69, 9.17) is 66.3 Å². The van der Waals surface area contributed by atoms with E-state index in [2.05, 4.69) is 10.6 Å². The molecule has 2 saturated heterocycles. The van der Waals surface area contributed by atoms with Crippen molar-refractivity contribution in [1.29, 1.82) is 0 Å². The second-order valence-electron chi connectivity index (χ2n) is 26.2. The Morgan fingerprint density at radius 2 is 0.802 bits per heavy atom. The lowest BCUT2D eigenvalue weighted by Gasteiger charge is -2.37. The molecule has 2 aliphatic heterocycles. The number of methoxy groups -OCH3 is 10. The topological polar surface area (TPSA) is 265 Å². The third kappa shape index (κ3) is 21.0. The highest BCUT2D eigenvalue weighted by molar-refractivity contribution is 5.90. The predicted octanol–water partition coefficient (Wildman–Crippen LogP) is 11.0. The van der Waals surface area contributed by atoms with Crippen molar-refractivity contribution in [2.24, 2.45) is 0 Å². The van der Waals surface area contributed by atoms with Crippen LogP contribution in [0.25, 0.3) is 0 Å². The van der Waals surface area contributed by atoms with E-state index < -0.39 is 59.9 Å². The first-order chi connectivity index (χ1) is 51.3. The smallest absolute Gasteiger partial charge is 0.329 e. The van der Waals surface area contributed by atoms with Gasteiger partial charge in [0, 0.05) is 32.2 Å². The molecule has 2 N–H and O–H groups in total. The monoisotopic (exact) mass is 1470 g/mol. The fraction of sp³-hybridized carbons (Fsp3) is 0.481. The van der Waals surface area contributed by atoms with Gasteiger partial charge in [0.05, 0.1) is 82.9 Å². The summed E-state index contributed by atoms with van der Waals surface area (Å²) in [6, 6.07) is 30.4. The van der Waals surface area contributed by atoms with Gasteiger partial charge in [-0.05, 0) is 197 Å². The number of nitrogens with one attached hydrogen (secondary N) is 2. The van der Waals surface area contributed by atoms with Gasteiger partial charge in [-0.15, -0.1) is 0 Å². The van der Waals surface area contributed by atoms with Crippen molar-refractivity contribution in [2.75, 3.05) is 125 Å². The van der Waals surface area contributed by atoms with E-state index in [0.29, 0.717) is 169 Å². The van der Waals surface area contributed by atoms with Crippen LogP contribution in [0.4, 0.5) is 0 Å². The van der Waals surface area contributed by atoms with Crippen LogP contribution in [0, 0.1) is 0 Å². The van der Waals surface area contributed by atoms with Gasteiger partial charge < -0.3 is 91.6 Å². The van der Waals surface area contributed by atoms with Crippen LogP contribution in [0.5, 0.6) is 69.0 Å². The van der Waals surface area contributed by atoms with Gasteiger partial charge in [-0.1, -0.05) is 50.2 Å². The van der Waals surface area contributed by atoms with Crippen molar-refractivity contribution in [3.05, 3.63) is 143 Å². The highest BCUT2D eigenvalue weighted by atomic mass is 16.6. The van der Waals surface area contributed by atoms with Crippen LogP contribution in [-0.4, -0.2) is 193 Å². The van der Waals surface area contributed by atoms with E-state index in [1.165, 1.54) is 42.7 Å². The summed E-state index contributed by atoms with van der Waals surface area (Å²) in [4.78, 5) is 91.1. The molecule has 106 heavy (non-hydrogen) atoms. The summed E-state index contributed by atoms with van der Waals surface area (Å²) >= 11 is 0. The molecule has 6 atom stereocenters. The van der Waals surface area contributed by atoms with Crippen LogP contribution in [0.15, 0.2) is 109 Å². The van der Waals surface area contributed by atoms with Gasteiger partial charge in [-0.3, -0.25) is 19.2 Å². The van der Waals surface area contributed by atoms with Crippen LogP contribution in [0.1, 0.15) is 135 Å². The molecule has 0 unspecified atom stereocenters. The Morgan fingerprint density at radius 3 is 1.13 bits per heavy atom. The lowest BCUT2D eigenvalue weighted by atomic mass is 9.91. The van der Waals surface area contributed by atoms with E-state index >= 15 is 0 Å². The minimum absolute atomic E-state index is 0.150. The molecule has 6 aromatic rings. The van der Waals surface area contributed by atoms with Crippen molar-refractivity contribution in [2.45, 2.75) is 133 Å². The summed E-state index contributed by atoms with van der Waals surface area (Å²) in [6.07, 6.45) is 4.56. The van der Waals surface area contributed by atoms with E-state index in [1.807, 2.05) is 81.4 Å². The number of hydrogen-bond acceptors (Lipinski definition) is 21. The molecule has 0 bridgehead atoms. The predicted molar refractivity (Wildman–Crippen MR) is 398 cm³/mol. The van der Waals surface area contributed by atoms with Crippen LogP contribution in [0.2, 0.25) is 0 Å². The molecule has 0 radical (unpaired) electrons. The Kier molecular flexibility index (Phi) is 30.9. The first-order valence-corrected chi connectivity index (χ1v) is 36.0. The van der Waals surface area contributed by atoms with Crippen molar-refractivity contribution >= 4 is 35.6 Å². The number of ether oxygens (including phenoxy) is 14. The van der Waals surface area contributed by atoms with Crippen LogP contribution in [-0.2, 0) is 51.1 Å². The van der Waals surface area contributed by atoms with Crippen LogP contribution < -0.4 is 67.5 Å². The summed E-state index contributed by atoms with van der Waals surface area (Å²) in [5.74, 6) is 1.81. The number of carbonyl (C=O) groups is 6. The summed E-state index contributed by atoms with van der Waals surface area (Å²) in [5.41, 5.74) is 4.37. The number of hydrogen-bond donors (Lipinski definition) is 2. The molecule has 0 aromatic heterocycles. The molecule has 4 amide bonds. The molecule has 2 fully saturated rings. The van der Waals surface area contributed by atoms with Gasteiger partial charge in [-0.2, -0.15) is 0 Å². The molecule has 0 spiro atoms. The van der Waals surface area contributed by atoms with Gasteiger partial charge in [0.15, 0.2) is 59.2 Å². The number of benzene rings is 6. The second kappa shape index (κ2) is 40.3. The molecule has 574 valence electrons. The Hall–Kier alpha value is -10.3. The normalized spacial score (nSPS) is 15.4. The number of esters is 2. The Morgan fingerprint density at radius 1 is 0.434 bits per heavy atom. The summed E-state index contributed by atoms with van der Waals surface area (Å²) in [7, 11) is 19.1. The van der Waals surface area contributed by atoms with Gasteiger partial charge in [0.25, 0.3) is 11.8 Å². The van der Waals surface area contributed by atoms with Crippen molar-refractivity contribution in [3.63, 3.8) is 0 Å². The van der Waals surface area contributed by atoms with Crippen LogP contribution in [0.3, 0.4) is 0 Å². The second-order valence-corrected chi connectivity index (χ2v) is 26.2. The number of likely N-dealkylation sites (tertiary alicyclic amines) is 2. The van der Waals surface area contributed by atoms with E-state index in [0.717, 1.165) is 24.0 Å². The largest absolute Gasteiger partial charge is 0.493 e. The molecule has 2 heterocycles. The highest BCUT2D eigenvalue weighted by Gasteiger charge is 2.40. The first kappa shape index (κ1) is 81.4. The summed E-state index contributed by atoms with van der Waals surface area (Å²) in [6.45, 7) is 4.17. The third-order valence-electron chi connectivity index (χ3n) is 19.5. The molecule has 8 rings (SSSR count). The number of nitrogens with zero attached hydrogens (tertiary/aromatic N) is 3. The van der Waals surface area contributed by atoms with Gasteiger partial charge >= 0.3 is 11.9 Å². The standard InChI is InChI=1S/C81H105N5O20/c1-15-60(55-43-70(97-9)76(101-13)71(44-55)98-10)78(89)85-37-19-17-27-62(85)80(91)105-64(33-29-51-31-35-66(93-5)68(39-51)95-7)53-23-21-25-58(41-53)103-49-74(87)82-47-57(84(3)4)48-83-75(88)50-104-59-26-22-24-54(42-59)65(34-30-52-32-36-67(94-6)69(40-52)96-8)106-81(92)63-28-18-20-38-86(63)79(90)61(16-2)56-45-72(99-11)77(102-14)73(46-56)100-12/h21-26,31-32,35-36,39-46,57,60-65H,15-20,27-30,33-34,37-38,47-50H2,1-14H3,(H,82,87)(H,83,88)/t60-,61-,62-,63-,64+,65+/m0/s1. The number of amides is 4. The number of piperidine rings is 2. The number of aryl methyl sites for hydroxylation is 2. The van der Waals surface area contributed by atoms with Crippen LogP contribution >= 0.6 is 0 Å². The summed E-state index contributed by atoms with van der Waals surface area (Å²) < 4.78 is 81.1. The molecule has 25 nitrogen and oxygen atoms in total. The lowest BCUT2D eigenvalue weighted by molar-refractivity contribution is -0.162. The van der Waals surface area contributed by atoms with E-state index in [9.17, 15) is 28.8 Å².